The maximum atomic E-state index is 12.2. The van der Waals surface area contributed by atoms with Gasteiger partial charge < -0.3 is 9.88 Å². The Balaban J connectivity index is 1.77. The topological polar surface area (TPSA) is 34.0 Å². The number of hydrogen-bond donors (Lipinski definition) is 1. The Morgan fingerprint density at radius 1 is 1.05 bits per heavy atom. The van der Waals surface area contributed by atoms with Gasteiger partial charge in [-0.25, -0.2) is 0 Å². The molecule has 98 valence electrons. The highest BCUT2D eigenvalue weighted by molar-refractivity contribution is 6.03. The van der Waals surface area contributed by atoms with Crippen molar-refractivity contribution in [1.82, 2.24) is 4.57 Å². The number of benzene rings is 1. The Hall–Kier alpha value is -2.03. The van der Waals surface area contributed by atoms with Crippen LogP contribution in [0.4, 0.5) is 5.82 Å². The van der Waals surface area contributed by atoms with Crippen molar-refractivity contribution in [3.05, 3.63) is 54.2 Å². The van der Waals surface area contributed by atoms with E-state index in [1.165, 1.54) is 25.7 Å². The summed E-state index contributed by atoms with van der Waals surface area (Å²) in [5.41, 5.74) is 0.696. The van der Waals surface area contributed by atoms with Crippen LogP contribution in [0.1, 0.15) is 42.1 Å². The molecule has 0 spiro atoms. The second kappa shape index (κ2) is 5.31. The van der Waals surface area contributed by atoms with Crippen molar-refractivity contribution in [2.24, 2.45) is 0 Å². The molecule has 0 unspecified atom stereocenters. The molecule has 1 saturated carbocycles. The van der Waals surface area contributed by atoms with Crippen molar-refractivity contribution in [2.45, 2.75) is 31.7 Å². The number of aromatic nitrogens is 1. The summed E-state index contributed by atoms with van der Waals surface area (Å²) in [6.45, 7) is 0. The second-order valence-electron chi connectivity index (χ2n) is 5.06. The van der Waals surface area contributed by atoms with Crippen LogP contribution < -0.4 is 5.32 Å². The normalized spacial score (nSPS) is 15.6. The molecule has 0 atom stereocenters. The predicted molar refractivity (Wildman–Crippen MR) is 76.3 cm³/mol. The first kappa shape index (κ1) is 12.0. The van der Waals surface area contributed by atoms with E-state index in [1.54, 1.807) is 0 Å². The number of carbonyl (C=O) groups excluding carboxylic acids is 1. The molecule has 1 fully saturated rings. The number of carbonyl (C=O) groups is 1. The first-order chi connectivity index (χ1) is 9.34. The molecule has 1 amide bonds. The lowest BCUT2D eigenvalue weighted by molar-refractivity contribution is 0.102. The predicted octanol–water partition coefficient (Wildman–Crippen LogP) is 3.86. The van der Waals surface area contributed by atoms with Crippen molar-refractivity contribution in [3.63, 3.8) is 0 Å². The summed E-state index contributed by atoms with van der Waals surface area (Å²) in [6.07, 6.45) is 7.06. The Morgan fingerprint density at radius 2 is 1.79 bits per heavy atom. The summed E-state index contributed by atoms with van der Waals surface area (Å²) in [5, 5.41) is 3.01. The van der Waals surface area contributed by atoms with Gasteiger partial charge in [0, 0.05) is 17.8 Å². The zero-order valence-electron chi connectivity index (χ0n) is 10.9. The molecule has 1 aliphatic rings. The Bertz CT molecular complexity index is 553. The van der Waals surface area contributed by atoms with Crippen LogP contribution in [-0.4, -0.2) is 10.5 Å². The van der Waals surface area contributed by atoms with E-state index in [0.29, 0.717) is 11.6 Å². The average molecular weight is 254 g/mol. The van der Waals surface area contributed by atoms with Gasteiger partial charge in [-0.2, -0.15) is 0 Å². The molecule has 3 heteroatoms. The fourth-order valence-electron chi connectivity index (χ4n) is 2.78. The van der Waals surface area contributed by atoms with Gasteiger partial charge in [-0.1, -0.05) is 31.0 Å². The first-order valence-corrected chi connectivity index (χ1v) is 6.88. The van der Waals surface area contributed by atoms with Crippen molar-refractivity contribution < 1.29 is 4.79 Å². The van der Waals surface area contributed by atoms with Crippen LogP contribution >= 0.6 is 0 Å². The van der Waals surface area contributed by atoms with Crippen LogP contribution in [0, 0.1) is 0 Å². The van der Waals surface area contributed by atoms with E-state index in [-0.39, 0.29) is 5.91 Å². The molecular weight excluding hydrogens is 236 g/mol. The molecule has 0 saturated heterocycles. The van der Waals surface area contributed by atoms with Gasteiger partial charge in [0.05, 0.1) is 0 Å². The largest absolute Gasteiger partial charge is 0.331 e. The Labute approximate surface area is 113 Å². The zero-order valence-corrected chi connectivity index (χ0v) is 10.9. The maximum absolute atomic E-state index is 12.2. The molecule has 2 aromatic rings. The molecule has 1 aliphatic carbocycles. The van der Waals surface area contributed by atoms with Gasteiger partial charge in [0.2, 0.25) is 0 Å². The minimum Gasteiger partial charge on any atom is -0.331 e. The highest BCUT2D eigenvalue weighted by Crippen LogP contribution is 2.32. The van der Waals surface area contributed by atoms with Gasteiger partial charge in [0.1, 0.15) is 5.82 Å². The van der Waals surface area contributed by atoms with Crippen LogP contribution in [0.15, 0.2) is 48.7 Å². The van der Waals surface area contributed by atoms with E-state index in [1.807, 2.05) is 42.5 Å². The Morgan fingerprint density at radius 3 is 2.53 bits per heavy atom. The summed E-state index contributed by atoms with van der Waals surface area (Å²) in [6, 6.07) is 13.9. The van der Waals surface area contributed by atoms with Gasteiger partial charge in [0.25, 0.3) is 5.91 Å². The molecule has 1 aromatic heterocycles. The third-order valence-corrected chi connectivity index (χ3v) is 3.77. The molecule has 0 aliphatic heterocycles. The highest BCUT2D eigenvalue weighted by Gasteiger charge is 2.19. The molecule has 1 aromatic carbocycles. The molecule has 19 heavy (non-hydrogen) atoms. The van der Waals surface area contributed by atoms with Crippen molar-refractivity contribution >= 4 is 11.7 Å². The van der Waals surface area contributed by atoms with E-state index < -0.39 is 0 Å². The van der Waals surface area contributed by atoms with Gasteiger partial charge >= 0.3 is 0 Å². The van der Waals surface area contributed by atoms with Crippen LogP contribution in [0.3, 0.4) is 0 Å². The number of nitrogens with one attached hydrogen (secondary N) is 1. The van der Waals surface area contributed by atoms with E-state index in [0.717, 1.165) is 5.82 Å². The van der Waals surface area contributed by atoms with Gasteiger partial charge in [-0.3, -0.25) is 4.79 Å². The molecular formula is C16H18N2O. The van der Waals surface area contributed by atoms with Gasteiger partial charge in [-0.05, 0) is 37.1 Å². The molecule has 1 N–H and O–H groups in total. The van der Waals surface area contributed by atoms with Crippen LogP contribution in [0.25, 0.3) is 0 Å². The summed E-state index contributed by atoms with van der Waals surface area (Å²) in [5.74, 6) is 0.860. The minimum absolute atomic E-state index is 0.0430. The zero-order chi connectivity index (χ0) is 13.1. The van der Waals surface area contributed by atoms with Gasteiger partial charge in [0.15, 0.2) is 0 Å². The van der Waals surface area contributed by atoms with Crippen molar-refractivity contribution in [2.75, 3.05) is 5.32 Å². The lowest BCUT2D eigenvalue weighted by Gasteiger charge is -2.16. The van der Waals surface area contributed by atoms with Crippen LogP contribution in [0.5, 0.6) is 0 Å². The fraction of sp³-hybridized carbons (Fsp3) is 0.312. The minimum atomic E-state index is -0.0430. The summed E-state index contributed by atoms with van der Waals surface area (Å²) >= 11 is 0. The number of rotatable bonds is 3. The van der Waals surface area contributed by atoms with Gasteiger partial charge in [-0.15, -0.1) is 0 Å². The van der Waals surface area contributed by atoms with Crippen molar-refractivity contribution in [1.29, 1.82) is 0 Å². The van der Waals surface area contributed by atoms with Crippen molar-refractivity contribution in [3.8, 4) is 0 Å². The third kappa shape index (κ3) is 2.55. The molecule has 0 bridgehead atoms. The molecule has 3 rings (SSSR count). The highest BCUT2D eigenvalue weighted by atomic mass is 16.1. The second-order valence-corrected chi connectivity index (χ2v) is 5.06. The monoisotopic (exact) mass is 254 g/mol. The Kier molecular flexibility index (Phi) is 3.36. The van der Waals surface area contributed by atoms with Crippen LogP contribution in [-0.2, 0) is 0 Å². The smallest absolute Gasteiger partial charge is 0.256 e. The number of anilines is 1. The lowest BCUT2D eigenvalue weighted by Crippen LogP contribution is -2.16. The maximum Gasteiger partial charge on any atom is 0.256 e. The quantitative estimate of drug-likeness (QED) is 0.886. The van der Waals surface area contributed by atoms with Crippen LogP contribution in [0.2, 0.25) is 0 Å². The number of nitrogens with zero attached hydrogens (tertiary/aromatic N) is 1. The SMILES string of the molecule is O=C(Nc1cccn1C1CCCC1)c1ccccc1. The van der Waals surface area contributed by atoms with E-state index in [2.05, 4.69) is 16.1 Å². The fourth-order valence-corrected chi connectivity index (χ4v) is 2.78. The van der Waals surface area contributed by atoms with E-state index in [9.17, 15) is 4.79 Å². The standard InChI is InChI=1S/C16H18N2O/c19-16(13-7-2-1-3-8-13)17-15-11-6-12-18(15)14-9-4-5-10-14/h1-3,6-8,11-12,14H,4-5,9-10H2,(H,17,19). The summed E-state index contributed by atoms with van der Waals surface area (Å²) in [7, 11) is 0. The van der Waals surface area contributed by atoms with E-state index in [4.69, 9.17) is 0 Å². The summed E-state index contributed by atoms with van der Waals surface area (Å²) < 4.78 is 2.20. The van der Waals surface area contributed by atoms with E-state index >= 15 is 0 Å². The third-order valence-electron chi connectivity index (χ3n) is 3.77. The lowest BCUT2D eigenvalue weighted by atomic mass is 10.2. The molecule has 3 nitrogen and oxygen atoms in total. The first-order valence-electron chi connectivity index (χ1n) is 6.88. The molecule has 1 heterocycles. The summed E-state index contributed by atoms with van der Waals surface area (Å²) in [4.78, 5) is 12.2. The average Bonchev–Trinajstić information content (AvgIpc) is 3.10. The number of hydrogen-bond acceptors (Lipinski definition) is 1. The number of amides is 1. The molecule has 0 radical (unpaired) electrons.